The van der Waals surface area contributed by atoms with E-state index in [0.717, 1.165) is 32.5 Å². The number of carbonyl (C=O) groups excluding carboxylic acids is 1. The molecule has 0 atom stereocenters. The first kappa shape index (κ1) is 16.2. The lowest BCUT2D eigenvalue weighted by molar-refractivity contribution is -0.120. The van der Waals surface area contributed by atoms with Crippen LogP contribution in [-0.4, -0.2) is 51.1 Å². The fourth-order valence-electron chi connectivity index (χ4n) is 2.28. The molecular weight excluding hydrogens is 238 g/mol. The van der Waals surface area contributed by atoms with Gasteiger partial charge in [0, 0.05) is 6.54 Å². The van der Waals surface area contributed by atoms with E-state index in [2.05, 4.69) is 35.7 Å². The van der Waals surface area contributed by atoms with Crippen molar-refractivity contribution in [2.24, 2.45) is 0 Å². The van der Waals surface area contributed by atoms with Crippen molar-refractivity contribution in [3.05, 3.63) is 11.6 Å². The molecule has 0 fully saturated rings. The molecule has 110 valence electrons. The molecule has 2 N–H and O–H groups in total. The molecule has 4 heteroatoms. The summed E-state index contributed by atoms with van der Waals surface area (Å²) in [4.78, 5) is 13.7. The van der Waals surface area contributed by atoms with E-state index in [4.69, 9.17) is 0 Å². The fourth-order valence-corrected chi connectivity index (χ4v) is 2.28. The van der Waals surface area contributed by atoms with Gasteiger partial charge in [0.2, 0.25) is 5.91 Å². The standard InChI is InChI=1S/C15H29N3O/c1-18(2)12-6-10-16-13-15(19)17-11-9-14-7-4-3-5-8-14/h7,16H,3-6,8-13H2,1-2H3,(H,17,19). The lowest BCUT2D eigenvalue weighted by Crippen LogP contribution is -2.35. The van der Waals surface area contributed by atoms with Crippen LogP contribution in [0.15, 0.2) is 11.6 Å². The molecule has 0 saturated carbocycles. The van der Waals surface area contributed by atoms with Crippen LogP contribution in [0.25, 0.3) is 0 Å². The number of amides is 1. The predicted octanol–water partition coefficient (Wildman–Crippen LogP) is 1.53. The van der Waals surface area contributed by atoms with Crippen LogP contribution in [-0.2, 0) is 4.79 Å². The Morgan fingerprint density at radius 2 is 2.16 bits per heavy atom. The minimum atomic E-state index is 0.112. The second kappa shape index (κ2) is 9.98. The van der Waals surface area contributed by atoms with Crippen LogP contribution in [0.1, 0.15) is 38.5 Å². The maximum atomic E-state index is 11.6. The van der Waals surface area contributed by atoms with Gasteiger partial charge in [-0.05, 0) is 65.7 Å². The zero-order valence-electron chi connectivity index (χ0n) is 12.5. The summed E-state index contributed by atoms with van der Waals surface area (Å²) in [5, 5.41) is 6.15. The predicted molar refractivity (Wildman–Crippen MR) is 80.2 cm³/mol. The van der Waals surface area contributed by atoms with Crippen molar-refractivity contribution >= 4 is 5.91 Å². The first-order valence-electron chi connectivity index (χ1n) is 7.48. The molecule has 0 spiro atoms. The van der Waals surface area contributed by atoms with Gasteiger partial charge >= 0.3 is 0 Å². The fraction of sp³-hybridized carbons (Fsp3) is 0.800. The summed E-state index contributed by atoms with van der Waals surface area (Å²) in [5.74, 6) is 0.112. The van der Waals surface area contributed by atoms with Gasteiger partial charge in [0.25, 0.3) is 0 Å². The third-order valence-corrected chi connectivity index (χ3v) is 3.40. The van der Waals surface area contributed by atoms with Crippen LogP contribution in [0.5, 0.6) is 0 Å². The second-order valence-electron chi connectivity index (χ2n) is 5.54. The molecule has 4 nitrogen and oxygen atoms in total. The summed E-state index contributed by atoms with van der Waals surface area (Å²) < 4.78 is 0. The van der Waals surface area contributed by atoms with Crippen LogP contribution in [0.4, 0.5) is 0 Å². The van der Waals surface area contributed by atoms with E-state index >= 15 is 0 Å². The van der Waals surface area contributed by atoms with E-state index in [-0.39, 0.29) is 5.91 Å². The minimum absolute atomic E-state index is 0.112. The first-order chi connectivity index (χ1) is 9.18. The van der Waals surface area contributed by atoms with Gasteiger partial charge < -0.3 is 15.5 Å². The van der Waals surface area contributed by atoms with Gasteiger partial charge in [0.15, 0.2) is 0 Å². The Balaban J connectivity index is 1.94. The van der Waals surface area contributed by atoms with Gasteiger partial charge in [-0.1, -0.05) is 11.6 Å². The highest BCUT2D eigenvalue weighted by molar-refractivity contribution is 5.77. The van der Waals surface area contributed by atoms with Crippen molar-refractivity contribution < 1.29 is 4.79 Å². The maximum absolute atomic E-state index is 11.6. The molecule has 0 aromatic carbocycles. The van der Waals surface area contributed by atoms with Gasteiger partial charge in [-0.25, -0.2) is 0 Å². The summed E-state index contributed by atoms with van der Waals surface area (Å²) in [5.41, 5.74) is 1.52. The van der Waals surface area contributed by atoms with Gasteiger partial charge in [-0.15, -0.1) is 0 Å². The topological polar surface area (TPSA) is 44.4 Å². The molecule has 0 aromatic rings. The average molecular weight is 267 g/mol. The highest BCUT2D eigenvalue weighted by Gasteiger charge is 2.04. The Labute approximate surface area is 117 Å². The van der Waals surface area contributed by atoms with E-state index in [1.807, 2.05) is 0 Å². The molecule has 0 aromatic heterocycles. The van der Waals surface area contributed by atoms with Crippen LogP contribution >= 0.6 is 0 Å². The van der Waals surface area contributed by atoms with E-state index in [9.17, 15) is 4.79 Å². The summed E-state index contributed by atoms with van der Waals surface area (Å²) in [7, 11) is 4.12. The monoisotopic (exact) mass is 267 g/mol. The molecule has 19 heavy (non-hydrogen) atoms. The first-order valence-corrected chi connectivity index (χ1v) is 7.48. The molecule has 1 amide bonds. The van der Waals surface area contributed by atoms with Gasteiger partial charge in [0.1, 0.15) is 0 Å². The Hall–Kier alpha value is -0.870. The smallest absolute Gasteiger partial charge is 0.233 e. The number of nitrogens with one attached hydrogen (secondary N) is 2. The molecule has 0 bridgehead atoms. The molecule has 0 radical (unpaired) electrons. The Morgan fingerprint density at radius 3 is 2.84 bits per heavy atom. The molecule has 0 heterocycles. The third-order valence-electron chi connectivity index (χ3n) is 3.40. The Morgan fingerprint density at radius 1 is 1.32 bits per heavy atom. The normalized spacial score (nSPS) is 15.4. The zero-order valence-corrected chi connectivity index (χ0v) is 12.5. The van der Waals surface area contributed by atoms with Crippen molar-refractivity contribution in [3.63, 3.8) is 0 Å². The molecule has 1 aliphatic rings. The van der Waals surface area contributed by atoms with E-state index in [0.29, 0.717) is 6.54 Å². The van der Waals surface area contributed by atoms with E-state index in [1.54, 1.807) is 0 Å². The molecule has 0 unspecified atom stereocenters. The van der Waals surface area contributed by atoms with E-state index < -0.39 is 0 Å². The van der Waals surface area contributed by atoms with Gasteiger partial charge in [-0.2, -0.15) is 0 Å². The highest BCUT2D eigenvalue weighted by atomic mass is 16.1. The average Bonchev–Trinajstić information content (AvgIpc) is 2.39. The minimum Gasteiger partial charge on any atom is -0.355 e. The maximum Gasteiger partial charge on any atom is 0.233 e. The van der Waals surface area contributed by atoms with Crippen LogP contribution in [0.2, 0.25) is 0 Å². The number of hydrogen-bond donors (Lipinski definition) is 2. The van der Waals surface area contributed by atoms with Crippen molar-refractivity contribution in [2.45, 2.75) is 38.5 Å². The summed E-state index contributed by atoms with van der Waals surface area (Å²) in [6, 6.07) is 0. The van der Waals surface area contributed by atoms with E-state index in [1.165, 1.54) is 31.3 Å². The number of hydrogen-bond acceptors (Lipinski definition) is 3. The van der Waals surface area contributed by atoms with Crippen molar-refractivity contribution in [2.75, 3.05) is 40.3 Å². The number of carbonyl (C=O) groups is 1. The van der Waals surface area contributed by atoms with Crippen LogP contribution in [0, 0.1) is 0 Å². The molecule has 1 aliphatic carbocycles. The highest BCUT2D eigenvalue weighted by Crippen LogP contribution is 2.19. The molecule has 1 rings (SSSR count). The Kier molecular flexibility index (Phi) is 8.50. The van der Waals surface area contributed by atoms with Crippen LogP contribution < -0.4 is 10.6 Å². The van der Waals surface area contributed by atoms with Gasteiger partial charge in [-0.3, -0.25) is 4.79 Å². The second-order valence-corrected chi connectivity index (χ2v) is 5.54. The van der Waals surface area contributed by atoms with Gasteiger partial charge in [0.05, 0.1) is 6.54 Å². The number of nitrogens with zero attached hydrogens (tertiary/aromatic N) is 1. The summed E-state index contributed by atoms with van der Waals surface area (Å²) in [6.07, 6.45) is 9.52. The summed E-state index contributed by atoms with van der Waals surface area (Å²) in [6.45, 7) is 3.18. The van der Waals surface area contributed by atoms with Crippen molar-refractivity contribution in [3.8, 4) is 0 Å². The zero-order chi connectivity index (χ0) is 13.9. The molecule has 0 aliphatic heterocycles. The quantitative estimate of drug-likeness (QED) is 0.492. The molecule has 0 saturated heterocycles. The SMILES string of the molecule is CN(C)CCCNCC(=O)NCCC1=CCCCC1. The summed E-state index contributed by atoms with van der Waals surface area (Å²) >= 11 is 0. The molecular formula is C15H29N3O. The number of rotatable bonds is 9. The lowest BCUT2D eigenvalue weighted by atomic mass is 9.97. The van der Waals surface area contributed by atoms with Crippen LogP contribution in [0.3, 0.4) is 0 Å². The third kappa shape index (κ3) is 8.78. The number of allylic oxidation sites excluding steroid dienone is 1. The van der Waals surface area contributed by atoms with Crippen molar-refractivity contribution in [1.82, 2.24) is 15.5 Å². The van der Waals surface area contributed by atoms with Crippen molar-refractivity contribution in [1.29, 1.82) is 0 Å². The Bertz CT molecular complexity index is 287. The largest absolute Gasteiger partial charge is 0.355 e. The lowest BCUT2D eigenvalue weighted by Gasteiger charge is -2.13.